The average molecular weight is 250 g/mol. The largest absolute Gasteiger partial charge is 0.394 e. The van der Waals surface area contributed by atoms with Gasteiger partial charge in [0.1, 0.15) is 0 Å². The van der Waals surface area contributed by atoms with E-state index in [1.165, 1.54) is 5.56 Å². The number of hydrogen-bond acceptors (Lipinski definition) is 4. The third kappa shape index (κ3) is 2.57. The van der Waals surface area contributed by atoms with Crippen LogP contribution in [0.4, 0.5) is 0 Å². The van der Waals surface area contributed by atoms with Crippen LogP contribution in [-0.2, 0) is 11.3 Å². The molecule has 0 saturated carbocycles. The molecule has 1 fully saturated rings. The summed E-state index contributed by atoms with van der Waals surface area (Å²) in [5, 5.41) is 9.71. The molecule has 1 aliphatic rings. The van der Waals surface area contributed by atoms with Gasteiger partial charge in [-0.05, 0) is 12.5 Å². The molecule has 2 rings (SSSR count). The van der Waals surface area contributed by atoms with Crippen LogP contribution >= 0.6 is 0 Å². The van der Waals surface area contributed by atoms with Crippen LogP contribution in [0.5, 0.6) is 0 Å². The molecule has 1 aliphatic heterocycles. The van der Waals surface area contributed by atoms with E-state index in [2.05, 4.69) is 24.0 Å². The number of morpholine rings is 1. The summed E-state index contributed by atoms with van der Waals surface area (Å²) in [4.78, 5) is 2.27. The summed E-state index contributed by atoms with van der Waals surface area (Å²) in [6.45, 7) is 4.53. The van der Waals surface area contributed by atoms with Gasteiger partial charge in [-0.1, -0.05) is 30.3 Å². The van der Waals surface area contributed by atoms with Crippen LogP contribution in [-0.4, -0.2) is 48.0 Å². The number of ether oxygens (including phenoxy) is 1. The summed E-state index contributed by atoms with van der Waals surface area (Å²) < 4.78 is 5.57. The summed E-state index contributed by atoms with van der Waals surface area (Å²) in [5.41, 5.74) is 6.66. The van der Waals surface area contributed by atoms with E-state index in [1.54, 1.807) is 0 Å². The highest BCUT2D eigenvalue weighted by Crippen LogP contribution is 2.25. The minimum absolute atomic E-state index is 0.0284. The zero-order valence-corrected chi connectivity index (χ0v) is 10.9. The van der Waals surface area contributed by atoms with Crippen molar-refractivity contribution in [3.05, 3.63) is 35.9 Å². The number of hydrogen-bond donors (Lipinski definition) is 2. The minimum atomic E-state index is -0.451. The average Bonchev–Trinajstić information content (AvgIpc) is 2.42. The van der Waals surface area contributed by atoms with E-state index in [1.807, 2.05) is 18.2 Å². The maximum Gasteiger partial charge on any atom is 0.0805 e. The molecular formula is C14H22N2O2. The molecule has 100 valence electrons. The highest BCUT2D eigenvalue weighted by atomic mass is 16.5. The summed E-state index contributed by atoms with van der Waals surface area (Å²) in [7, 11) is 0. The number of aliphatic hydroxyl groups is 1. The minimum Gasteiger partial charge on any atom is -0.394 e. The van der Waals surface area contributed by atoms with Crippen LogP contribution in [0.3, 0.4) is 0 Å². The first-order chi connectivity index (χ1) is 8.72. The molecule has 0 unspecified atom stereocenters. The third-order valence-corrected chi connectivity index (χ3v) is 3.74. The van der Waals surface area contributed by atoms with Crippen LogP contribution in [0, 0.1) is 0 Å². The van der Waals surface area contributed by atoms with E-state index < -0.39 is 5.54 Å². The fraction of sp³-hybridized carbons (Fsp3) is 0.571. The number of aliphatic hydroxyl groups excluding tert-OH is 1. The number of nitrogens with zero attached hydrogens (tertiary/aromatic N) is 1. The lowest BCUT2D eigenvalue weighted by Crippen LogP contribution is -2.65. The molecule has 4 heteroatoms. The maximum absolute atomic E-state index is 9.71. The first-order valence-electron chi connectivity index (χ1n) is 6.41. The van der Waals surface area contributed by atoms with Crippen LogP contribution in [0.15, 0.2) is 30.3 Å². The van der Waals surface area contributed by atoms with Crippen molar-refractivity contribution in [3.8, 4) is 0 Å². The van der Waals surface area contributed by atoms with Gasteiger partial charge in [-0.25, -0.2) is 0 Å². The predicted octanol–water partition coefficient (Wildman–Crippen LogP) is 0.597. The number of nitrogens with two attached hydrogens (primary N) is 1. The van der Waals surface area contributed by atoms with Crippen LogP contribution < -0.4 is 5.73 Å². The van der Waals surface area contributed by atoms with Gasteiger partial charge in [0.25, 0.3) is 0 Å². The molecule has 0 aromatic heterocycles. The Balaban J connectivity index is 2.20. The van der Waals surface area contributed by atoms with Crippen molar-refractivity contribution in [2.24, 2.45) is 5.73 Å². The molecule has 1 heterocycles. The smallest absolute Gasteiger partial charge is 0.0805 e. The fourth-order valence-electron chi connectivity index (χ4n) is 2.54. The molecule has 0 spiro atoms. The molecule has 0 amide bonds. The Labute approximate surface area is 108 Å². The lowest BCUT2D eigenvalue weighted by atomic mass is 9.94. The van der Waals surface area contributed by atoms with Crippen molar-refractivity contribution in [1.29, 1.82) is 0 Å². The summed E-state index contributed by atoms with van der Waals surface area (Å²) in [6.07, 6.45) is 0. The summed E-state index contributed by atoms with van der Waals surface area (Å²) in [5.74, 6) is 0. The Morgan fingerprint density at radius 1 is 1.44 bits per heavy atom. The van der Waals surface area contributed by atoms with Gasteiger partial charge in [0.15, 0.2) is 0 Å². The highest BCUT2D eigenvalue weighted by molar-refractivity contribution is 5.15. The van der Waals surface area contributed by atoms with Gasteiger partial charge in [-0.15, -0.1) is 0 Å². The van der Waals surface area contributed by atoms with Gasteiger partial charge < -0.3 is 15.6 Å². The summed E-state index contributed by atoms with van der Waals surface area (Å²) >= 11 is 0. The van der Waals surface area contributed by atoms with E-state index in [4.69, 9.17) is 10.5 Å². The van der Waals surface area contributed by atoms with E-state index in [0.29, 0.717) is 19.8 Å². The number of benzene rings is 1. The van der Waals surface area contributed by atoms with Crippen LogP contribution in [0.25, 0.3) is 0 Å². The SMILES string of the molecule is C[C@@H]1COC[C@](CN)(CO)N1Cc1ccccc1. The van der Waals surface area contributed by atoms with Crippen molar-refractivity contribution in [2.75, 3.05) is 26.4 Å². The van der Waals surface area contributed by atoms with E-state index in [9.17, 15) is 5.11 Å². The monoisotopic (exact) mass is 250 g/mol. The molecule has 4 nitrogen and oxygen atoms in total. The lowest BCUT2D eigenvalue weighted by Gasteiger charge is -2.48. The van der Waals surface area contributed by atoms with Crippen molar-refractivity contribution in [3.63, 3.8) is 0 Å². The van der Waals surface area contributed by atoms with Crippen molar-refractivity contribution < 1.29 is 9.84 Å². The first kappa shape index (κ1) is 13.5. The molecule has 0 bridgehead atoms. The topological polar surface area (TPSA) is 58.7 Å². The zero-order valence-electron chi connectivity index (χ0n) is 10.9. The Morgan fingerprint density at radius 3 is 2.78 bits per heavy atom. The molecule has 1 aromatic carbocycles. The zero-order chi connectivity index (χ0) is 13.0. The molecular weight excluding hydrogens is 228 g/mol. The quantitative estimate of drug-likeness (QED) is 0.821. The van der Waals surface area contributed by atoms with Crippen molar-refractivity contribution in [1.82, 2.24) is 4.90 Å². The standard InChI is InChI=1S/C14H22N2O2/c1-12-8-18-11-14(9-15,10-17)16(12)7-13-5-3-2-4-6-13/h2-6,12,17H,7-11,15H2,1H3/t12-,14+/m1/s1. The van der Waals surface area contributed by atoms with E-state index in [0.717, 1.165) is 6.54 Å². The van der Waals surface area contributed by atoms with E-state index >= 15 is 0 Å². The molecule has 0 radical (unpaired) electrons. The maximum atomic E-state index is 9.71. The van der Waals surface area contributed by atoms with Crippen molar-refractivity contribution in [2.45, 2.75) is 25.0 Å². The fourth-order valence-corrected chi connectivity index (χ4v) is 2.54. The van der Waals surface area contributed by atoms with Crippen LogP contribution in [0.2, 0.25) is 0 Å². The highest BCUT2D eigenvalue weighted by Gasteiger charge is 2.41. The van der Waals surface area contributed by atoms with Crippen molar-refractivity contribution >= 4 is 0 Å². The second-order valence-electron chi connectivity index (χ2n) is 5.06. The predicted molar refractivity (Wildman–Crippen MR) is 71.1 cm³/mol. The van der Waals surface area contributed by atoms with Gasteiger partial charge in [0, 0.05) is 19.1 Å². The van der Waals surface area contributed by atoms with Gasteiger partial charge in [0.05, 0.1) is 25.4 Å². The summed E-state index contributed by atoms with van der Waals surface area (Å²) in [6, 6.07) is 10.5. The molecule has 0 aliphatic carbocycles. The van der Waals surface area contributed by atoms with Gasteiger partial charge in [-0.3, -0.25) is 4.90 Å². The Morgan fingerprint density at radius 2 is 2.17 bits per heavy atom. The van der Waals surface area contributed by atoms with Gasteiger partial charge in [0.2, 0.25) is 0 Å². The Bertz CT molecular complexity index is 365. The Hall–Kier alpha value is -0.940. The third-order valence-electron chi connectivity index (χ3n) is 3.74. The Kier molecular flexibility index (Phi) is 4.35. The van der Waals surface area contributed by atoms with Crippen LogP contribution in [0.1, 0.15) is 12.5 Å². The molecule has 18 heavy (non-hydrogen) atoms. The molecule has 1 saturated heterocycles. The second-order valence-corrected chi connectivity index (χ2v) is 5.06. The molecule has 3 N–H and O–H groups in total. The van der Waals surface area contributed by atoms with Gasteiger partial charge in [-0.2, -0.15) is 0 Å². The molecule has 2 atom stereocenters. The van der Waals surface area contributed by atoms with Gasteiger partial charge >= 0.3 is 0 Å². The normalized spacial score (nSPS) is 29.4. The first-order valence-corrected chi connectivity index (χ1v) is 6.41. The molecule has 1 aromatic rings. The second kappa shape index (κ2) is 5.80. The number of rotatable bonds is 4. The van der Waals surface area contributed by atoms with E-state index in [-0.39, 0.29) is 12.6 Å². The lowest BCUT2D eigenvalue weighted by molar-refractivity contribution is -0.119.